The van der Waals surface area contributed by atoms with Crippen molar-refractivity contribution >= 4 is 17.5 Å². The SMILES string of the molecule is Cn1nnn(-c2cc(Nc3ncc(F)c(NC4CC5CCCN5C(C)(C)C4)n3)c(F)cc2OC2CCOC2)c1=O. The number of piperidine rings is 1. The lowest BCUT2D eigenvalue weighted by Gasteiger charge is -2.47. The Kier molecular flexibility index (Phi) is 6.90. The first-order valence-electron chi connectivity index (χ1n) is 13.6. The lowest BCUT2D eigenvalue weighted by atomic mass is 9.84. The van der Waals surface area contributed by atoms with Crippen molar-refractivity contribution in [1.29, 1.82) is 0 Å². The summed E-state index contributed by atoms with van der Waals surface area (Å²) in [6.07, 6.45) is 5.43. The number of benzene rings is 1. The van der Waals surface area contributed by atoms with Crippen molar-refractivity contribution in [2.45, 2.75) is 69.7 Å². The smallest absolute Gasteiger partial charge is 0.368 e. The van der Waals surface area contributed by atoms with Gasteiger partial charge < -0.3 is 20.1 Å². The van der Waals surface area contributed by atoms with Crippen LogP contribution < -0.4 is 21.1 Å². The summed E-state index contributed by atoms with van der Waals surface area (Å²) >= 11 is 0. The molecule has 3 aliphatic rings. The van der Waals surface area contributed by atoms with E-state index in [1.807, 2.05) is 0 Å². The third-order valence-electron chi connectivity index (χ3n) is 7.97. The molecule has 3 aliphatic heterocycles. The molecule has 5 heterocycles. The fourth-order valence-corrected chi connectivity index (χ4v) is 6.11. The highest BCUT2D eigenvalue weighted by Crippen LogP contribution is 2.39. The molecule has 0 spiro atoms. The molecule has 3 atom stereocenters. The van der Waals surface area contributed by atoms with E-state index in [9.17, 15) is 9.18 Å². The zero-order valence-corrected chi connectivity index (χ0v) is 22.7. The average Bonchev–Trinajstić information content (AvgIpc) is 3.66. The number of nitrogens with one attached hydrogen (secondary N) is 2. The molecule has 0 aliphatic carbocycles. The molecule has 0 radical (unpaired) electrons. The van der Waals surface area contributed by atoms with Gasteiger partial charge in [0.25, 0.3) is 0 Å². The minimum atomic E-state index is -0.674. The van der Waals surface area contributed by atoms with Crippen LogP contribution in [0.2, 0.25) is 0 Å². The molecule has 214 valence electrons. The Morgan fingerprint density at radius 2 is 2.02 bits per heavy atom. The zero-order chi connectivity index (χ0) is 28.0. The highest BCUT2D eigenvalue weighted by Gasteiger charge is 2.43. The molecule has 0 bridgehead atoms. The van der Waals surface area contributed by atoms with Gasteiger partial charge in [0, 0.05) is 37.2 Å². The fraction of sp³-hybridized carbons (Fsp3) is 0.577. The average molecular weight is 558 g/mol. The number of rotatable bonds is 7. The normalized spacial score (nSPS) is 24.2. The molecule has 3 saturated heterocycles. The van der Waals surface area contributed by atoms with E-state index in [2.05, 4.69) is 49.8 Å². The van der Waals surface area contributed by atoms with Gasteiger partial charge in [0.2, 0.25) is 5.95 Å². The summed E-state index contributed by atoms with van der Waals surface area (Å²) in [4.78, 5) is 23.5. The van der Waals surface area contributed by atoms with Crippen molar-refractivity contribution in [2.24, 2.45) is 7.05 Å². The van der Waals surface area contributed by atoms with Crippen molar-refractivity contribution in [1.82, 2.24) is 34.7 Å². The maximum Gasteiger partial charge on any atom is 0.368 e. The first kappa shape index (κ1) is 26.6. The molecule has 1 aromatic carbocycles. The van der Waals surface area contributed by atoms with E-state index in [1.165, 1.54) is 19.5 Å². The zero-order valence-electron chi connectivity index (χ0n) is 22.7. The van der Waals surface area contributed by atoms with E-state index in [-0.39, 0.29) is 46.6 Å². The topological polar surface area (TPSA) is 124 Å². The highest BCUT2D eigenvalue weighted by molar-refractivity contribution is 5.63. The standard InChI is InChI=1S/C26H33F2N9O3/c1-26(2)12-15(9-16-5-4-7-36(16)26)30-23-19(28)13-29-24(32-23)31-20-11-21(37-25(38)35(3)33-34-37)22(10-18(20)27)40-17-6-8-39-14-17/h10-11,13,15-17H,4-9,12,14H2,1-3H3,(H2,29,30,31,32). The van der Waals surface area contributed by atoms with E-state index in [1.54, 1.807) is 0 Å². The summed E-state index contributed by atoms with van der Waals surface area (Å²) in [6.45, 7) is 6.42. The van der Waals surface area contributed by atoms with Crippen molar-refractivity contribution in [3.05, 3.63) is 40.4 Å². The molecule has 2 aromatic heterocycles. The Bertz CT molecular complexity index is 1450. The van der Waals surface area contributed by atoms with E-state index < -0.39 is 17.3 Å². The second-order valence-corrected chi connectivity index (χ2v) is 11.3. The van der Waals surface area contributed by atoms with Crippen LogP contribution in [0, 0.1) is 11.6 Å². The van der Waals surface area contributed by atoms with Gasteiger partial charge in [0.15, 0.2) is 17.5 Å². The van der Waals surface area contributed by atoms with Crippen molar-refractivity contribution in [2.75, 3.05) is 30.4 Å². The highest BCUT2D eigenvalue weighted by atomic mass is 19.1. The number of hydrogen-bond donors (Lipinski definition) is 2. The largest absolute Gasteiger partial charge is 0.486 e. The van der Waals surface area contributed by atoms with Gasteiger partial charge in [0.05, 0.1) is 25.1 Å². The molecule has 0 saturated carbocycles. The number of halogens is 2. The number of tetrazole rings is 1. The monoisotopic (exact) mass is 557 g/mol. The fourth-order valence-electron chi connectivity index (χ4n) is 6.11. The summed E-state index contributed by atoms with van der Waals surface area (Å²) in [5.74, 6) is -1.10. The molecule has 3 fully saturated rings. The quantitative estimate of drug-likeness (QED) is 0.448. The van der Waals surface area contributed by atoms with E-state index in [0.29, 0.717) is 25.7 Å². The van der Waals surface area contributed by atoms with Crippen LogP contribution in [0.3, 0.4) is 0 Å². The van der Waals surface area contributed by atoms with Gasteiger partial charge in [-0.2, -0.15) is 14.3 Å². The molecule has 3 aromatic rings. The third kappa shape index (κ3) is 5.12. The van der Waals surface area contributed by atoms with E-state index in [4.69, 9.17) is 9.47 Å². The van der Waals surface area contributed by atoms with Gasteiger partial charge in [0.1, 0.15) is 17.5 Å². The maximum atomic E-state index is 15.3. The first-order chi connectivity index (χ1) is 19.2. The summed E-state index contributed by atoms with van der Waals surface area (Å²) in [5.41, 5.74) is -0.403. The van der Waals surface area contributed by atoms with Gasteiger partial charge in [-0.1, -0.05) is 0 Å². The van der Waals surface area contributed by atoms with Crippen LogP contribution in [-0.2, 0) is 11.8 Å². The molecule has 12 nitrogen and oxygen atoms in total. The van der Waals surface area contributed by atoms with Crippen LogP contribution in [-0.4, -0.2) is 78.1 Å². The second kappa shape index (κ2) is 10.4. The minimum absolute atomic E-state index is 0.00401. The van der Waals surface area contributed by atoms with Crippen LogP contribution >= 0.6 is 0 Å². The first-order valence-corrected chi connectivity index (χ1v) is 13.6. The summed E-state index contributed by atoms with van der Waals surface area (Å²) in [7, 11) is 1.46. The van der Waals surface area contributed by atoms with Crippen LogP contribution in [0.1, 0.15) is 46.0 Å². The number of aromatic nitrogens is 6. The Morgan fingerprint density at radius 1 is 1.18 bits per heavy atom. The van der Waals surface area contributed by atoms with Gasteiger partial charge in [-0.05, 0) is 62.6 Å². The summed E-state index contributed by atoms with van der Waals surface area (Å²) in [6, 6.07) is 3.03. The molecule has 0 amide bonds. The Balaban J connectivity index is 1.27. The van der Waals surface area contributed by atoms with Crippen LogP contribution in [0.5, 0.6) is 5.75 Å². The predicted octanol–water partition coefficient (Wildman–Crippen LogP) is 2.76. The van der Waals surface area contributed by atoms with Gasteiger partial charge >= 0.3 is 5.69 Å². The molecular formula is C26H33F2N9O3. The van der Waals surface area contributed by atoms with Gasteiger partial charge in [-0.3, -0.25) is 4.90 Å². The Labute approximate surface area is 229 Å². The number of hydrogen-bond acceptors (Lipinski definition) is 10. The minimum Gasteiger partial charge on any atom is -0.486 e. The number of nitrogens with zero attached hydrogens (tertiary/aromatic N) is 7. The molecule has 6 rings (SSSR count). The molecule has 40 heavy (non-hydrogen) atoms. The molecule has 2 N–H and O–H groups in total. The summed E-state index contributed by atoms with van der Waals surface area (Å²) in [5, 5.41) is 13.7. The number of fused-ring (bicyclic) bond motifs is 1. The second-order valence-electron chi connectivity index (χ2n) is 11.3. The third-order valence-corrected chi connectivity index (χ3v) is 7.97. The molecular weight excluding hydrogens is 524 g/mol. The Hall–Kier alpha value is -3.65. The lowest BCUT2D eigenvalue weighted by Crippen LogP contribution is -2.55. The Morgan fingerprint density at radius 3 is 2.77 bits per heavy atom. The van der Waals surface area contributed by atoms with Gasteiger partial charge in [-0.25, -0.2) is 18.6 Å². The number of ether oxygens (including phenoxy) is 2. The summed E-state index contributed by atoms with van der Waals surface area (Å²) < 4.78 is 43.5. The van der Waals surface area contributed by atoms with Crippen LogP contribution in [0.4, 0.5) is 26.2 Å². The van der Waals surface area contributed by atoms with Crippen LogP contribution in [0.25, 0.3) is 5.69 Å². The predicted molar refractivity (Wildman–Crippen MR) is 142 cm³/mol. The van der Waals surface area contributed by atoms with Crippen molar-refractivity contribution in [3.8, 4) is 11.4 Å². The maximum absolute atomic E-state index is 15.3. The number of aryl methyl sites for hydroxylation is 1. The van der Waals surface area contributed by atoms with E-state index >= 15 is 4.39 Å². The van der Waals surface area contributed by atoms with Gasteiger partial charge in [-0.15, -0.1) is 0 Å². The van der Waals surface area contributed by atoms with Crippen molar-refractivity contribution < 1.29 is 18.3 Å². The van der Waals surface area contributed by atoms with Crippen LogP contribution in [0.15, 0.2) is 23.1 Å². The van der Waals surface area contributed by atoms with E-state index in [0.717, 1.165) is 47.4 Å². The lowest BCUT2D eigenvalue weighted by molar-refractivity contribution is 0.0500. The number of anilines is 3. The molecule has 14 heteroatoms. The van der Waals surface area contributed by atoms with Crippen molar-refractivity contribution in [3.63, 3.8) is 0 Å². The molecule has 3 unspecified atom stereocenters.